The molecule has 1 atom stereocenters. The van der Waals surface area contributed by atoms with Crippen LogP contribution in [0.25, 0.3) is 0 Å². The smallest absolute Gasteiger partial charge is 0.320 e. The Morgan fingerprint density at radius 1 is 1.42 bits per heavy atom. The molecule has 4 nitrogen and oxygen atoms in total. The second-order valence-electron chi connectivity index (χ2n) is 3.70. The summed E-state index contributed by atoms with van der Waals surface area (Å²) in [7, 11) is 0. The zero-order chi connectivity index (χ0) is 14.0. The molecule has 0 radical (unpaired) electrons. The Morgan fingerprint density at radius 2 is 2.11 bits per heavy atom. The molecule has 0 bridgehead atoms. The number of hydrogen-bond donors (Lipinski definition) is 0. The van der Waals surface area contributed by atoms with Crippen LogP contribution in [0.5, 0.6) is 0 Å². The topological polar surface area (TPSA) is 51.0 Å². The first-order chi connectivity index (χ1) is 9.04. The van der Waals surface area contributed by atoms with Crippen molar-refractivity contribution in [2.75, 3.05) is 6.61 Å². The second kappa shape index (κ2) is 6.35. The van der Waals surface area contributed by atoms with E-state index in [1.807, 2.05) is 0 Å². The third kappa shape index (κ3) is 3.18. The number of fused-ring (bicyclic) bond motifs is 1. The fraction of sp³-hybridized carbons (Fsp3) is 0.364. The van der Waals surface area contributed by atoms with Crippen LogP contribution in [0.15, 0.2) is 14.8 Å². The van der Waals surface area contributed by atoms with Gasteiger partial charge in [-0.2, -0.15) is 8.73 Å². The van der Waals surface area contributed by atoms with Crippen LogP contribution in [0.2, 0.25) is 10.0 Å². The van der Waals surface area contributed by atoms with Crippen LogP contribution >= 0.6 is 39.1 Å². The molecule has 0 spiro atoms. The Hall–Kier alpha value is -0.430. The van der Waals surface area contributed by atoms with Crippen LogP contribution in [0.3, 0.4) is 0 Å². The van der Waals surface area contributed by atoms with Gasteiger partial charge in [-0.25, -0.2) is 0 Å². The van der Waals surface area contributed by atoms with Gasteiger partial charge < -0.3 is 4.74 Å². The normalized spacial score (nSPS) is 13.9. The highest BCUT2D eigenvalue weighted by Gasteiger charge is 2.24. The second-order valence-corrected chi connectivity index (χ2v) is 6.15. The fourth-order valence-electron chi connectivity index (χ4n) is 1.61. The van der Waals surface area contributed by atoms with E-state index in [1.54, 1.807) is 13.0 Å². The Kier molecular flexibility index (Phi) is 5.00. The Morgan fingerprint density at radius 3 is 2.79 bits per heavy atom. The van der Waals surface area contributed by atoms with Crippen LogP contribution in [0.1, 0.15) is 12.5 Å². The van der Waals surface area contributed by atoms with Gasteiger partial charge in [-0.05, 0) is 19.4 Å². The number of benzene rings is 1. The number of hydrogen-bond acceptors (Lipinski definition) is 4. The molecule has 1 aromatic rings. The van der Waals surface area contributed by atoms with Gasteiger partial charge in [0.25, 0.3) is 0 Å². The lowest BCUT2D eigenvalue weighted by Gasteiger charge is -2.12. The summed E-state index contributed by atoms with van der Waals surface area (Å²) in [6.45, 7) is 2.10. The van der Waals surface area contributed by atoms with Gasteiger partial charge >= 0.3 is 5.97 Å². The molecule has 2 rings (SSSR count). The van der Waals surface area contributed by atoms with E-state index in [4.69, 9.17) is 27.9 Å². The summed E-state index contributed by atoms with van der Waals surface area (Å²) < 4.78 is 13.2. The summed E-state index contributed by atoms with van der Waals surface area (Å²) in [5.74, 6) is -0.329. The van der Waals surface area contributed by atoms with Gasteiger partial charge in [-0.1, -0.05) is 39.1 Å². The van der Waals surface area contributed by atoms with Crippen LogP contribution in [0.4, 0.5) is 11.4 Å². The number of carbonyl (C=O) groups excluding carboxylic acids is 1. The molecule has 1 aromatic carbocycles. The molecule has 0 fully saturated rings. The molecule has 1 aliphatic rings. The molecule has 0 saturated carbocycles. The van der Waals surface area contributed by atoms with Crippen LogP contribution in [0, 0.1) is 0 Å². The monoisotopic (exact) mass is 382 g/mol. The van der Waals surface area contributed by atoms with Crippen LogP contribution in [-0.2, 0) is 27.3 Å². The SMILES string of the molecule is CCOC(=O)C(Br)Cc1c(Cl)cc(Cl)c2c1N=S=N2. The van der Waals surface area contributed by atoms with Crippen molar-refractivity contribution in [3.8, 4) is 0 Å². The molecular formula is C11H9BrCl2N2O2S. The van der Waals surface area contributed by atoms with Gasteiger partial charge in [0.05, 0.1) is 23.0 Å². The minimum Gasteiger partial charge on any atom is -0.465 e. The van der Waals surface area contributed by atoms with Gasteiger partial charge in [0.15, 0.2) is 0 Å². The Bertz CT molecular complexity index is 603. The Labute approximate surface area is 132 Å². The molecule has 0 amide bonds. The van der Waals surface area contributed by atoms with Crippen LogP contribution in [-0.4, -0.2) is 17.4 Å². The average Bonchev–Trinajstić information content (AvgIpc) is 2.84. The summed E-state index contributed by atoms with van der Waals surface area (Å²) in [5, 5.41) is 0.929. The maximum Gasteiger partial charge on any atom is 0.320 e. The summed E-state index contributed by atoms with van der Waals surface area (Å²) in [6.07, 6.45) is 0.372. The van der Waals surface area contributed by atoms with Crippen molar-refractivity contribution < 1.29 is 9.53 Å². The van der Waals surface area contributed by atoms with Crippen molar-refractivity contribution in [2.24, 2.45) is 8.73 Å². The number of halogens is 3. The summed E-state index contributed by atoms with van der Waals surface area (Å²) in [6, 6.07) is 1.62. The predicted octanol–water partition coefficient (Wildman–Crippen LogP) is 4.59. The van der Waals surface area contributed by atoms with E-state index >= 15 is 0 Å². The van der Waals surface area contributed by atoms with Gasteiger partial charge in [0.2, 0.25) is 0 Å². The van der Waals surface area contributed by atoms with E-state index in [0.29, 0.717) is 34.4 Å². The maximum absolute atomic E-state index is 11.6. The minimum atomic E-state index is -0.476. The highest BCUT2D eigenvalue weighted by molar-refractivity contribution is 9.10. The maximum atomic E-state index is 11.6. The molecule has 102 valence electrons. The van der Waals surface area contributed by atoms with Crippen molar-refractivity contribution in [2.45, 2.75) is 18.2 Å². The fourth-order valence-corrected chi connectivity index (χ4v) is 3.28. The molecule has 0 N–H and O–H groups in total. The van der Waals surface area contributed by atoms with E-state index in [-0.39, 0.29) is 5.97 Å². The lowest BCUT2D eigenvalue weighted by Crippen LogP contribution is -2.19. The summed E-state index contributed by atoms with van der Waals surface area (Å²) >= 11 is 16.6. The first kappa shape index (κ1) is 15.0. The van der Waals surface area contributed by atoms with Crippen molar-refractivity contribution in [3.63, 3.8) is 0 Å². The summed E-state index contributed by atoms with van der Waals surface area (Å²) in [4.78, 5) is 11.2. The molecule has 1 aliphatic heterocycles. The van der Waals surface area contributed by atoms with E-state index in [2.05, 4.69) is 24.7 Å². The van der Waals surface area contributed by atoms with Crippen molar-refractivity contribution in [1.82, 2.24) is 0 Å². The molecule has 1 heterocycles. The first-order valence-electron chi connectivity index (χ1n) is 5.44. The number of alkyl halides is 1. The standard InChI is InChI=1S/C11H9BrCl2N2O2S/c1-2-18-11(17)6(12)3-5-7(13)4-8(14)10-9(5)15-19-16-10/h4,6H,2-3H2,1H3. The third-order valence-electron chi connectivity index (χ3n) is 2.47. The van der Waals surface area contributed by atoms with E-state index in [9.17, 15) is 4.79 Å². The highest BCUT2D eigenvalue weighted by atomic mass is 79.9. The van der Waals surface area contributed by atoms with Gasteiger partial charge in [0.1, 0.15) is 16.2 Å². The zero-order valence-corrected chi connectivity index (χ0v) is 13.7. The van der Waals surface area contributed by atoms with Crippen LogP contribution < -0.4 is 0 Å². The number of nitrogens with zero attached hydrogens (tertiary/aromatic N) is 2. The average molecular weight is 384 g/mol. The van der Waals surface area contributed by atoms with Crippen molar-refractivity contribution in [3.05, 3.63) is 21.7 Å². The molecule has 8 heteroatoms. The molecule has 1 unspecified atom stereocenters. The van der Waals surface area contributed by atoms with E-state index < -0.39 is 4.83 Å². The van der Waals surface area contributed by atoms with E-state index in [0.717, 1.165) is 16.9 Å². The van der Waals surface area contributed by atoms with Gasteiger partial charge in [-0.3, -0.25) is 4.79 Å². The highest BCUT2D eigenvalue weighted by Crippen LogP contribution is 2.45. The van der Waals surface area contributed by atoms with Crippen molar-refractivity contribution in [1.29, 1.82) is 0 Å². The molecule has 19 heavy (non-hydrogen) atoms. The molecule has 0 aromatic heterocycles. The zero-order valence-electron chi connectivity index (χ0n) is 9.82. The molecule has 0 saturated heterocycles. The summed E-state index contributed by atoms with van der Waals surface area (Å²) in [5.41, 5.74) is 1.98. The lowest BCUT2D eigenvalue weighted by molar-refractivity contribution is -0.142. The number of carbonyl (C=O) groups is 1. The number of esters is 1. The lowest BCUT2D eigenvalue weighted by atomic mass is 10.1. The predicted molar refractivity (Wildman–Crippen MR) is 81.1 cm³/mol. The largest absolute Gasteiger partial charge is 0.465 e. The first-order valence-corrected chi connectivity index (χ1v) is 7.84. The number of ether oxygens (including phenoxy) is 1. The van der Waals surface area contributed by atoms with Gasteiger partial charge in [-0.15, -0.1) is 0 Å². The molecular weight excluding hydrogens is 375 g/mol. The molecule has 0 aliphatic carbocycles. The minimum absolute atomic E-state index is 0.329. The quantitative estimate of drug-likeness (QED) is 0.572. The number of rotatable bonds is 4. The van der Waals surface area contributed by atoms with Crippen molar-refractivity contribution >= 4 is 67.8 Å². The Balaban J connectivity index is 2.30. The van der Waals surface area contributed by atoms with Gasteiger partial charge in [0, 0.05) is 10.6 Å². The van der Waals surface area contributed by atoms with E-state index in [1.165, 1.54) is 0 Å². The third-order valence-corrected chi connectivity index (χ3v) is 4.32.